The fraction of sp³-hybridized carbons (Fsp3) is 0.188. The summed E-state index contributed by atoms with van der Waals surface area (Å²) in [6.07, 6.45) is 2.57. The predicted molar refractivity (Wildman–Crippen MR) is 82.1 cm³/mol. The molecule has 1 heterocycles. The number of hydrogen-bond acceptors (Lipinski definition) is 4. The van der Waals surface area contributed by atoms with Crippen molar-refractivity contribution in [2.75, 3.05) is 17.2 Å². The number of benzene rings is 1. The highest BCUT2D eigenvalue weighted by Gasteiger charge is 2.09. The summed E-state index contributed by atoms with van der Waals surface area (Å²) in [7, 11) is 0. The van der Waals surface area contributed by atoms with Crippen LogP contribution in [0.3, 0.4) is 0 Å². The monoisotopic (exact) mass is 280 g/mol. The smallest absolute Gasteiger partial charge is 0.255 e. The molecule has 106 valence electrons. The Labute approximate surface area is 123 Å². The summed E-state index contributed by atoms with van der Waals surface area (Å²) in [5.74, 6) is 0.401. The van der Waals surface area contributed by atoms with Crippen LogP contribution in [0, 0.1) is 11.3 Å². The van der Waals surface area contributed by atoms with Crippen LogP contribution in [-0.4, -0.2) is 17.4 Å². The van der Waals surface area contributed by atoms with Crippen molar-refractivity contribution < 1.29 is 4.79 Å². The van der Waals surface area contributed by atoms with Gasteiger partial charge in [-0.25, -0.2) is 4.98 Å². The van der Waals surface area contributed by atoms with Gasteiger partial charge in [0.1, 0.15) is 11.9 Å². The number of aromatic nitrogens is 1. The van der Waals surface area contributed by atoms with Crippen LogP contribution in [0.15, 0.2) is 42.6 Å². The lowest BCUT2D eigenvalue weighted by Crippen LogP contribution is -2.13. The number of nitrogens with one attached hydrogen (secondary N) is 2. The number of rotatable bonds is 5. The van der Waals surface area contributed by atoms with Crippen molar-refractivity contribution in [3.63, 3.8) is 0 Å². The maximum atomic E-state index is 12.2. The molecule has 0 aliphatic heterocycles. The molecule has 0 spiro atoms. The average Bonchev–Trinajstić information content (AvgIpc) is 2.53. The van der Waals surface area contributed by atoms with E-state index in [1.165, 1.54) is 0 Å². The van der Waals surface area contributed by atoms with Gasteiger partial charge < -0.3 is 10.6 Å². The Hall–Kier alpha value is -2.87. The molecule has 5 heteroatoms. The summed E-state index contributed by atoms with van der Waals surface area (Å²) >= 11 is 0. The van der Waals surface area contributed by atoms with E-state index in [2.05, 4.69) is 28.6 Å². The Kier molecular flexibility index (Phi) is 4.89. The Balaban J connectivity index is 2.15. The maximum absolute atomic E-state index is 12.2. The van der Waals surface area contributed by atoms with Crippen LogP contribution in [0.4, 0.5) is 11.5 Å². The minimum Gasteiger partial charge on any atom is -0.370 e. The molecule has 0 saturated carbocycles. The second-order valence-electron chi connectivity index (χ2n) is 4.47. The molecule has 0 unspecified atom stereocenters. The first kappa shape index (κ1) is 14.5. The Morgan fingerprint density at radius 3 is 2.90 bits per heavy atom. The van der Waals surface area contributed by atoms with Gasteiger partial charge in [-0.1, -0.05) is 19.1 Å². The van der Waals surface area contributed by atoms with Gasteiger partial charge in [-0.05, 0) is 30.7 Å². The molecule has 1 aromatic heterocycles. The van der Waals surface area contributed by atoms with Gasteiger partial charge in [0.05, 0.1) is 11.3 Å². The third-order valence-electron chi connectivity index (χ3n) is 2.87. The molecular formula is C16H16N4O. The van der Waals surface area contributed by atoms with E-state index in [4.69, 9.17) is 5.26 Å². The molecule has 2 aromatic rings. The van der Waals surface area contributed by atoms with Crippen molar-refractivity contribution in [2.45, 2.75) is 13.3 Å². The molecule has 0 atom stereocenters. The van der Waals surface area contributed by atoms with Gasteiger partial charge in [-0.15, -0.1) is 0 Å². The van der Waals surface area contributed by atoms with Crippen LogP contribution >= 0.6 is 0 Å². The molecule has 0 radical (unpaired) electrons. The second-order valence-corrected chi connectivity index (χ2v) is 4.47. The largest absolute Gasteiger partial charge is 0.370 e. The van der Waals surface area contributed by atoms with E-state index < -0.39 is 0 Å². The molecular weight excluding hydrogens is 264 g/mol. The van der Waals surface area contributed by atoms with E-state index in [1.807, 2.05) is 0 Å². The predicted octanol–water partition coefficient (Wildman–Crippen LogP) is 3.03. The number of pyridine rings is 1. The normalized spacial score (nSPS) is 9.71. The Morgan fingerprint density at radius 1 is 1.33 bits per heavy atom. The van der Waals surface area contributed by atoms with Gasteiger partial charge >= 0.3 is 0 Å². The number of hydrogen-bond donors (Lipinski definition) is 2. The lowest BCUT2D eigenvalue weighted by Gasteiger charge is -2.08. The Morgan fingerprint density at radius 2 is 2.14 bits per heavy atom. The topological polar surface area (TPSA) is 77.8 Å². The van der Waals surface area contributed by atoms with Crippen molar-refractivity contribution in [2.24, 2.45) is 0 Å². The first-order chi connectivity index (χ1) is 10.2. The molecule has 5 nitrogen and oxygen atoms in total. The zero-order chi connectivity index (χ0) is 15.1. The number of carbonyl (C=O) groups excluding carboxylic acids is 1. The highest BCUT2D eigenvalue weighted by molar-refractivity contribution is 6.05. The number of para-hydroxylation sites is 1. The van der Waals surface area contributed by atoms with E-state index >= 15 is 0 Å². The van der Waals surface area contributed by atoms with Crippen molar-refractivity contribution >= 4 is 17.4 Å². The number of carbonyl (C=O) groups is 1. The van der Waals surface area contributed by atoms with Gasteiger partial charge in [0, 0.05) is 18.3 Å². The first-order valence-corrected chi connectivity index (χ1v) is 6.75. The summed E-state index contributed by atoms with van der Waals surface area (Å²) < 4.78 is 0. The summed E-state index contributed by atoms with van der Waals surface area (Å²) in [5.41, 5.74) is 1.44. The lowest BCUT2D eigenvalue weighted by molar-refractivity contribution is 0.102. The highest BCUT2D eigenvalue weighted by atomic mass is 16.1. The van der Waals surface area contributed by atoms with Crippen LogP contribution in [0.25, 0.3) is 0 Å². The zero-order valence-corrected chi connectivity index (χ0v) is 11.8. The van der Waals surface area contributed by atoms with Crippen molar-refractivity contribution in [3.8, 4) is 6.07 Å². The van der Waals surface area contributed by atoms with Gasteiger partial charge in [-0.3, -0.25) is 4.79 Å². The van der Waals surface area contributed by atoms with E-state index in [9.17, 15) is 4.79 Å². The van der Waals surface area contributed by atoms with Crippen LogP contribution in [0.2, 0.25) is 0 Å². The van der Waals surface area contributed by atoms with E-state index in [0.29, 0.717) is 22.6 Å². The average molecular weight is 280 g/mol. The molecule has 21 heavy (non-hydrogen) atoms. The number of nitriles is 1. The zero-order valence-electron chi connectivity index (χ0n) is 11.8. The number of anilines is 2. The molecule has 2 rings (SSSR count). The van der Waals surface area contributed by atoms with E-state index in [1.54, 1.807) is 42.6 Å². The lowest BCUT2D eigenvalue weighted by atomic mass is 10.2. The van der Waals surface area contributed by atoms with Crippen molar-refractivity contribution in [1.82, 2.24) is 4.98 Å². The van der Waals surface area contributed by atoms with Gasteiger partial charge in [0.2, 0.25) is 0 Å². The molecule has 2 N–H and O–H groups in total. The van der Waals surface area contributed by atoms with Gasteiger partial charge in [-0.2, -0.15) is 5.26 Å². The molecule has 0 fully saturated rings. The molecule has 1 aromatic carbocycles. The fourth-order valence-electron chi connectivity index (χ4n) is 1.81. The van der Waals surface area contributed by atoms with Crippen molar-refractivity contribution in [1.29, 1.82) is 5.26 Å². The Bertz CT molecular complexity index is 676. The highest BCUT2D eigenvalue weighted by Crippen LogP contribution is 2.15. The minimum absolute atomic E-state index is 0.264. The SMILES string of the molecule is CCCNc1cc(C(=O)Nc2ccccc2C#N)ccn1. The molecule has 0 bridgehead atoms. The van der Waals surface area contributed by atoms with Crippen LogP contribution in [0.1, 0.15) is 29.3 Å². The number of amides is 1. The van der Waals surface area contributed by atoms with Gasteiger partial charge in [0.15, 0.2) is 0 Å². The van der Waals surface area contributed by atoms with Crippen LogP contribution < -0.4 is 10.6 Å². The third-order valence-corrected chi connectivity index (χ3v) is 2.87. The summed E-state index contributed by atoms with van der Waals surface area (Å²) in [6.45, 7) is 2.86. The van der Waals surface area contributed by atoms with E-state index in [0.717, 1.165) is 13.0 Å². The fourth-order valence-corrected chi connectivity index (χ4v) is 1.81. The van der Waals surface area contributed by atoms with E-state index in [-0.39, 0.29) is 5.91 Å². The summed E-state index contributed by atoms with van der Waals surface area (Å²) in [4.78, 5) is 16.4. The standard InChI is InChI=1S/C16H16N4O/c1-2-8-18-15-10-12(7-9-19-15)16(21)20-14-6-4-3-5-13(14)11-17/h3-7,9-10H,2,8H2,1H3,(H,18,19)(H,20,21). The maximum Gasteiger partial charge on any atom is 0.255 e. The number of nitrogens with zero attached hydrogens (tertiary/aromatic N) is 2. The molecule has 0 aliphatic carbocycles. The minimum atomic E-state index is -0.264. The molecule has 0 aliphatic rings. The summed E-state index contributed by atoms with van der Waals surface area (Å²) in [6, 6.07) is 12.3. The van der Waals surface area contributed by atoms with Gasteiger partial charge in [0.25, 0.3) is 5.91 Å². The third kappa shape index (κ3) is 3.80. The second kappa shape index (κ2) is 7.06. The molecule has 0 saturated heterocycles. The van der Waals surface area contributed by atoms with Crippen LogP contribution in [-0.2, 0) is 0 Å². The molecule has 1 amide bonds. The van der Waals surface area contributed by atoms with Crippen LogP contribution in [0.5, 0.6) is 0 Å². The van der Waals surface area contributed by atoms with Crippen molar-refractivity contribution in [3.05, 3.63) is 53.7 Å². The first-order valence-electron chi connectivity index (χ1n) is 6.75. The summed E-state index contributed by atoms with van der Waals surface area (Å²) in [5, 5.41) is 14.9. The quantitative estimate of drug-likeness (QED) is 0.882.